The summed E-state index contributed by atoms with van der Waals surface area (Å²) < 4.78 is 44.2. The molecule has 1 aliphatic heterocycles. The van der Waals surface area contributed by atoms with Gasteiger partial charge in [0.2, 0.25) is 0 Å². The van der Waals surface area contributed by atoms with Crippen molar-refractivity contribution >= 4 is 0 Å². The van der Waals surface area contributed by atoms with E-state index in [2.05, 4.69) is 11.8 Å². The van der Waals surface area contributed by atoms with Crippen LogP contribution in [0.4, 0.5) is 13.2 Å². The van der Waals surface area contributed by atoms with Crippen molar-refractivity contribution in [1.29, 1.82) is 0 Å². The Bertz CT molecular complexity index is 425. The van der Waals surface area contributed by atoms with E-state index in [0.717, 1.165) is 45.0 Å². The molecule has 0 unspecified atom stereocenters. The van der Waals surface area contributed by atoms with Gasteiger partial charge in [-0.05, 0) is 37.9 Å². The third kappa shape index (κ3) is 3.88. The summed E-state index contributed by atoms with van der Waals surface area (Å²) in [6.07, 6.45) is -2.15. The van der Waals surface area contributed by atoms with Gasteiger partial charge >= 0.3 is 6.18 Å². The van der Waals surface area contributed by atoms with Crippen molar-refractivity contribution in [2.24, 2.45) is 0 Å². The number of nitrogens with zero attached hydrogens (tertiary/aromatic N) is 1. The minimum Gasteiger partial charge on any atom is -0.490 e. The fourth-order valence-electron chi connectivity index (χ4n) is 2.46. The van der Waals surface area contributed by atoms with Crippen molar-refractivity contribution in [3.05, 3.63) is 36.8 Å². The average Bonchev–Trinajstić information content (AvgIpc) is 2.41. The van der Waals surface area contributed by atoms with Gasteiger partial charge in [0.05, 0.1) is 5.56 Å². The van der Waals surface area contributed by atoms with Crippen molar-refractivity contribution in [2.75, 3.05) is 19.6 Å². The van der Waals surface area contributed by atoms with Crippen LogP contribution in [0, 0.1) is 6.92 Å². The molecular weight excluding hydrogens is 267 g/mol. The summed E-state index contributed by atoms with van der Waals surface area (Å²) in [6.45, 7) is 6.45. The molecule has 0 spiro atoms. The van der Waals surface area contributed by atoms with Gasteiger partial charge in [0, 0.05) is 13.1 Å². The van der Waals surface area contributed by atoms with E-state index in [0.29, 0.717) is 0 Å². The number of rotatable bonds is 4. The van der Waals surface area contributed by atoms with Crippen LogP contribution in [0.5, 0.6) is 5.75 Å². The number of benzene rings is 1. The predicted octanol–water partition coefficient (Wildman–Crippen LogP) is 3.77. The molecule has 0 N–H and O–H groups in total. The summed E-state index contributed by atoms with van der Waals surface area (Å²) in [5, 5.41) is 0. The number of hydrogen-bond donors (Lipinski definition) is 0. The van der Waals surface area contributed by atoms with Gasteiger partial charge in [0.25, 0.3) is 0 Å². The third-order valence-electron chi connectivity index (χ3n) is 3.50. The van der Waals surface area contributed by atoms with E-state index in [1.165, 1.54) is 12.1 Å². The number of hydrogen-bond acceptors (Lipinski definition) is 2. The number of piperidine rings is 1. The van der Waals surface area contributed by atoms with E-state index >= 15 is 0 Å². The molecule has 2 nitrogen and oxygen atoms in total. The second-order valence-electron chi connectivity index (χ2n) is 5.01. The molecular formula is C15H19F3NO. The fourth-order valence-corrected chi connectivity index (χ4v) is 2.46. The lowest BCUT2D eigenvalue weighted by molar-refractivity contribution is -0.139. The number of para-hydroxylation sites is 1. The van der Waals surface area contributed by atoms with Gasteiger partial charge in [-0.25, -0.2) is 0 Å². The number of alkyl halides is 3. The van der Waals surface area contributed by atoms with E-state index in [9.17, 15) is 13.2 Å². The molecule has 1 saturated heterocycles. The minimum absolute atomic E-state index is 0.0596. The van der Waals surface area contributed by atoms with Crippen molar-refractivity contribution < 1.29 is 17.9 Å². The molecule has 0 bridgehead atoms. The zero-order valence-electron chi connectivity index (χ0n) is 11.3. The highest BCUT2D eigenvalue weighted by Gasteiger charge is 2.34. The molecule has 0 amide bonds. The summed E-state index contributed by atoms with van der Waals surface area (Å²) in [5.41, 5.74) is -0.694. The topological polar surface area (TPSA) is 12.5 Å². The predicted molar refractivity (Wildman–Crippen MR) is 71.5 cm³/mol. The summed E-state index contributed by atoms with van der Waals surface area (Å²) in [6, 6.07) is 5.41. The molecule has 2 rings (SSSR count). The molecule has 20 heavy (non-hydrogen) atoms. The van der Waals surface area contributed by atoms with E-state index in [1.807, 2.05) is 0 Å². The van der Waals surface area contributed by atoms with E-state index < -0.39 is 11.7 Å². The van der Waals surface area contributed by atoms with Crippen LogP contribution in [0.25, 0.3) is 0 Å². The zero-order valence-corrected chi connectivity index (χ0v) is 11.3. The van der Waals surface area contributed by atoms with Crippen LogP contribution in [0.2, 0.25) is 0 Å². The Hall–Kier alpha value is -1.23. The second kappa shape index (κ2) is 6.48. The van der Waals surface area contributed by atoms with E-state index in [1.54, 1.807) is 6.07 Å². The Balaban J connectivity index is 1.98. The van der Waals surface area contributed by atoms with Gasteiger partial charge in [-0.1, -0.05) is 19.1 Å². The van der Waals surface area contributed by atoms with E-state index in [4.69, 9.17) is 4.74 Å². The highest BCUT2D eigenvalue weighted by molar-refractivity contribution is 5.35. The normalized spacial score (nSPS) is 18.2. The van der Waals surface area contributed by atoms with Gasteiger partial charge in [0.15, 0.2) is 0 Å². The molecule has 1 radical (unpaired) electrons. The molecule has 0 atom stereocenters. The van der Waals surface area contributed by atoms with Crippen molar-refractivity contribution in [3.8, 4) is 5.75 Å². The first-order valence-corrected chi connectivity index (χ1v) is 6.85. The van der Waals surface area contributed by atoms with Crippen molar-refractivity contribution in [3.63, 3.8) is 0 Å². The Labute approximate surface area is 117 Å². The zero-order chi connectivity index (χ0) is 14.6. The lowest BCUT2D eigenvalue weighted by Gasteiger charge is -2.32. The van der Waals surface area contributed by atoms with Crippen LogP contribution >= 0.6 is 0 Å². The summed E-state index contributed by atoms with van der Waals surface area (Å²) in [4.78, 5) is 2.27. The first kappa shape index (κ1) is 15.2. The maximum Gasteiger partial charge on any atom is 0.419 e. The first-order chi connectivity index (χ1) is 9.50. The number of ether oxygens (including phenoxy) is 1. The Morgan fingerprint density at radius 1 is 1.20 bits per heavy atom. The SMILES string of the molecule is [CH2]CCN1CCC(Oc2ccccc2C(F)(F)F)CC1. The monoisotopic (exact) mass is 286 g/mol. The Morgan fingerprint density at radius 2 is 1.85 bits per heavy atom. The number of likely N-dealkylation sites (tertiary alicyclic amines) is 1. The Morgan fingerprint density at radius 3 is 2.45 bits per heavy atom. The molecule has 0 saturated carbocycles. The quantitative estimate of drug-likeness (QED) is 0.835. The van der Waals surface area contributed by atoms with Crippen molar-refractivity contribution in [2.45, 2.75) is 31.5 Å². The molecule has 0 aromatic heterocycles. The molecule has 1 heterocycles. The van der Waals surface area contributed by atoms with Crippen LogP contribution < -0.4 is 4.74 Å². The number of halogens is 3. The summed E-state index contributed by atoms with van der Waals surface area (Å²) in [5.74, 6) is -0.0596. The molecule has 1 aliphatic rings. The van der Waals surface area contributed by atoms with Gasteiger partial charge < -0.3 is 9.64 Å². The maximum atomic E-state index is 12.9. The molecule has 1 fully saturated rings. The maximum absolute atomic E-state index is 12.9. The smallest absolute Gasteiger partial charge is 0.419 e. The summed E-state index contributed by atoms with van der Waals surface area (Å²) in [7, 11) is 0. The molecule has 1 aromatic carbocycles. The second-order valence-corrected chi connectivity index (χ2v) is 5.01. The van der Waals surface area contributed by atoms with Gasteiger partial charge in [0.1, 0.15) is 11.9 Å². The highest BCUT2D eigenvalue weighted by Crippen LogP contribution is 2.36. The van der Waals surface area contributed by atoms with Crippen molar-refractivity contribution in [1.82, 2.24) is 4.90 Å². The highest BCUT2D eigenvalue weighted by atomic mass is 19.4. The van der Waals surface area contributed by atoms with Gasteiger partial charge in [-0.2, -0.15) is 13.2 Å². The van der Waals surface area contributed by atoms with E-state index in [-0.39, 0.29) is 11.9 Å². The lowest BCUT2D eigenvalue weighted by atomic mass is 10.1. The summed E-state index contributed by atoms with van der Waals surface area (Å²) >= 11 is 0. The third-order valence-corrected chi connectivity index (χ3v) is 3.50. The van der Waals surface area contributed by atoms with Gasteiger partial charge in [-0.15, -0.1) is 0 Å². The first-order valence-electron chi connectivity index (χ1n) is 6.85. The largest absolute Gasteiger partial charge is 0.490 e. The minimum atomic E-state index is -4.37. The average molecular weight is 286 g/mol. The molecule has 111 valence electrons. The van der Waals surface area contributed by atoms with Crippen LogP contribution in [-0.4, -0.2) is 30.6 Å². The molecule has 5 heteroatoms. The van der Waals surface area contributed by atoms with Crippen LogP contribution in [0.1, 0.15) is 24.8 Å². The standard InChI is InChI=1S/C15H19F3NO/c1-2-9-19-10-7-12(8-11-19)20-14-6-4-3-5-13(14)15(16,17)18/h3-6,12H,1-2,7-11H2. The van der Waals surface area contributed by atoms with Crippen LogP contribution in [0.15, 0.2) is 24.3 Å². The van der Waals surface area contributed by atoms with Gasteiger partial charge in [-0.3, -0.25) is 0 Å². The molecule has 0 aliphatic carbocycles. The van der Waals surface area contributed by atoms with Crippen LogP contribution in [-0.2, 0) is 6.18 Å². The lowest BCUT2D eigenvalue weighted by Crippen LogP contribution is -2.38. The molecule has 1 aromatic rings. The Kier molecular flexibility index (Phi) is 4.91. The fraction of sp³-hybridized carbons (Fsp3) is 0.533. The van der Waals surface area contributed by atoms with Crippen LogP contribution in [0.3, 0.4) is 0 Å².